The predicted molar refractivity (Wildman–Crippen MR) is 118 cm³/mol. The van der Waals surface area contributed by atoms with Crippen LogP contribution in [0.5, 0.6) is 0 Å². The molecule has 2 aliphatic rings. The molecule has 0 radical (unpaired) electrons. The van der Waals surface area contributed by atoms with Crippen molar-refractivity contribution < 1.29 is 9.13 Å². The van der Waals surface area contributed by atoms with Crippen LogP contribution in [0, 0.1) is 5.82 Å². The molecule has 0 amide bonds. The first-order chi connectivity index (χ1) is 14.7. The van der Waals surface area contributed by atoms with E-state index in [0.29, 0.717) is 5.95 Å². The largest absolute Gasteiger partial charge is 0.383 e. The number of piperazine rings is 1. The summed E-state index contributed by atoms with van der Waals surface area (Å²) < 4.78 is 18.8. The van der Waals surface area contributed by atoms with Gasteiger partial charge in [0.05, 0.1) is 6.61 Å². The van der Waals surface area contributed by atoms with Crippen molar-refractivity contribution in [2.24, 2.45) is 0 Å². The lowest BCUT2D eigenvalue weighted by Gasteiger charge is -2.36. The Bertz CT molecular complexity index is 814. The molecule has 4 rings (SSSR count). The molecule has 1 atom stereocenters. The minimum Gasteiger partial charge on any atom is -0.383 e. The number of aromatic nitrogens is 2. The van der Waals surface area contributed by atoms with E-state index in [0.717, 1.165) is 76.8 Å². The highest BCUT2D eigenvalue weighted by molar-refractivity contribution is 5.48. The van der Waals surface area contributed by atoms with Crippen molar-refractivity contribution in [3.8, 4) is 0 Å². The van der Waals surface area contributed by atoms with Crippen LogP contribution in [0.15, 0.2) is 36.5 Å². The summed E-state index contributed by atoms with van der Waals surface area (Å²) in [6, 6.07) is 9.04. The van der Waals surface area contributed by atoms with Crippen molar-refractivity contribution in [1.82, 2.24) is 14.9 Å². The second kappa shape index (κ2) is 10.0. The number of rotatable bonds is 7. The lowest BCUT2D eigenvalue weighted by molar-refractivity contribution is 0.144. The lowest BCUT2D eigenvalue weighted by Crippen LogP contribution is -2.47. The molecule has 2 fully saturated rings. The number of methoxy groups -OCH3 is 1. The van der Waals surface area contributed by atoms with Gasteiger partial charge in [0.2, 0.25) is 5.95 Å². The Morgan fingerprint density at radius 2 is 2.00 bits per heavy atom. The summed E-state index contributed by atoms with van der Waals surface area (Å²) in [4.78, 5) is 16.2. The van der Waals surface area contributed by atoms with Gasteiger partial charge in [-0.2, -0.15) is 4.98 Å². The highest BCUT2D eigenvalue weighted by atomic mass is 19.1. The Labute approximate surface area is 177 Å². The molecule has 1 aromatic heterocycles. The smallest absolute Gasteiger partial charge is 0.224 e. The Balaban J connectivity index is 1.34. The summed E-state index contributed by atoms with van der Waals surface area (Å²) in [6.45, 7) is 7.45. The van der Waals surface area contributed by atoms with Gasteiger partial charge in [-0.3, -0.25) is 4.90 Å². The van der Waals surface area contributed by atoms with Crippen molar-refractivity contribution in [2.45, 2.75) is 18.9 Å². The molecule has 0 aliphatic carbocycles. The van der Waals surface area contributed by atoms with Gasteiger partial charge >= 0.3 is 0 Å². The first-order valence-corrected chi connectivity index (χ1v) is 10.8. The van der Waals surface area contributed by atoms with Gasteiger partial charge in [0, 0.05) is 70.8 Å². The van der Waals surface area contributed by atoms with Crippen molar-refractivity contribution in [3.63, 3.8) is 0 Å². The zero-order chi connectivity index (χ0) is 20.8. The van der Waals surface area contributed by atoms with Crippen LogP contribution in [0.4, 0.5) is 21.8 Å². The van der Waals surface area contributed by atoms with Gasteiger partial charge in [-0.15, -0.1) is 0 Å². The Kier molecular flexibility index (Phi) is 6.96. The van der Waals surface area contributed by atoms with Gasteiger partial charge in [-0.05, 0) is 37.1 Å². The van der Waals surface area contributed by atoms with E-state index in [-0.39, 0.29) is 11.9 Å². The van der Waals surface area contributed by atoms with Gasteiger partial charge in [-0.25, -0.2) is 9.37 Å². The number of hydrogen-bond acceptors (Lipinski definition) is 7. The number of hydrogen-bond donors (Lipinski definition) is 1. The number of nitrogens with one attached hydrogen (secondary N) is 1. The highest BCUT2D eigenvalue weighted by Crippen LogP contribution is 2.22. The van der Waals surface area contributed by atoms with Crippen LogP contribution in [-0.4, -0.2) is 80.4 Å². The van der Waals surface area contributed by atoms with Crippen LogP contribution in [0.1, 0.15) is 12.8 Å². The molecule has 162 valence electrons. The molecular formula is C22H31FN6O. The first-order valence-electron chi connectivity index (χ1n) is 10.8. The van der Waals surface area contributed by atoms with Crippen molar-refractivity contribution >= 4 is 17.5 Å². The Hall–Kier alpha value is -2.45. The number of halogens is 1. The highest BCUT2D eigenvalue weighted by Gasteiger charge is 2.22. The number of benzene rings is 1. The average molecular weight is 415 g/mol. The molecule has 2 aliphatic heterocycles. The summed E-state index contributed by atoms with van der Waals surface area (Å²) >= 11 is 0. The van der Waals surface area contributed by atoms with E-state index in [1.54, 1.807) is 19.2 Å². The van der Waals surface area contributed by atoms with Crippen LogP contribution in [0.3, 0.4) is 0 Å². The molecular weight excluding hydrogens is 383 g/mol. The van der Waals surface area contributed by atoms with E-state index < -0.39 is 0 Å². The van der Waals surface area contributed by atoms with Crippen LogP contribution in [0.2, 0.25) is 0 Å². The Morgan fingerprint density at radius 3 is 2.80 bits per heavy atom. The van der Waals surface area contributed by atoms with Crippen LogP contribution in [0.25, 0.3) is 0 Å². The molecule has 2 aromatic rings. The third-order valence-corrected chi connectivity index (χ3v) is 5.88. The maximum atomic E-state index is 13.6. The molecule has 1 N–H and O–H groups in total. The van der Waals surface area contributed by atoms with Gasteiger partial charge in [0.15, 0.2) is 0 Å². The third-order valence-electron chi connectivity index (χ3n) is 5.88. The number of ether oxygens (including phenoxy) is 1. The number of anilines is 3. The average Bonchev–Trinajstić information content (AvgIpc) is 2.78. The quantitative estimate of drug-likeness (QED) is 0.747. The monoisotopic (exact) mass is 414 g/mol. The fourth-order valence-corrected chi connectivity index (χ4v) is 4.20. The van der Waals surface area contributed by atoms with Gasteiger partial charge < -0.3 is 19.9 Å². The minimum atomic E-state index is -0.194. The Morgan fingerprint density at radius 1 is 1.13 bits per heavy atom. The molecule has 2 saturated heterocycles. The van der Waals surface area contributed by atoms with Crippen molar-refractivity contribution in [2.75, 3.05) is 74.6 Å². The van der Waals surface area contributed by atoms with E-state index in [4.69, 9.17) is 9.72 Å². The van der Waals surface area contributed by atoms with E-state index in [1.807, 2.05) is 18.3 Å². The van der Waals surface area contributed by atoms with E-state index in [9.17, 15) is 4.39 Å². The van der Waals surface area contributed by atoms with Crippen molar-refractivity contribution in [1.29, 1.82) is 0 Å². The maximum absolute atomic E-state index is 13.6. The third kappa shape index (κ3) is 5.37. The molecule has 7 nitrogen and oxygen atoms in total. The zero-order valence-corrected chi connectivity index (χ0v) is 17.6. The molecule has 1 unspecified atom stereocenters. The molecule has 30 heavy (non-hydrogen) atoms. The van der Waals surface area contributed by atoms with Crippen LogP contribution < -0.4 is 15.1 Å². The van der Waals surface area contributed by atoms with Crippen LogP contribution >= 0.6 is 0 Å². The minimum absolute atomic E-state index is 0.194. The van der Waals surface area contributed by atoms with Gasteiger partial charge in [0.25, 0.3) is 0 Å². The topological polar surface area (TPSA) is 56.8 Å². The summed E-state index contributed by atoms with van der Waals surface area (Å²) in [5.41, 5.74) is 0.933. The predicted octanol–water partition coefficient (Wildman–Crippen LogP) is 2.46. The first kappa shape index (κ1) is 20.8. The lowest BCUT2D eigenvalue weighted by atomic mass is 10.1. The van der Waals surface area contributed by atoms with E-state index in [1.165, 1.54) is 6.07 Å². The molecule has 3 heterocycles. The molecule has 1 aromatic carbocycles. The summed E-state index contributed by atoms with van der Waals surface area (Å²) in [5.74, 6) is 1.44. The van der Waals surface area contributed by atoms with E-state index >= 15 is 0 Å². The molecule has 0 bridgehead atoms. The van der Waals surface area contributed by atoms with Gasteiger partial charge in [0.1, 0.15) is 11.6 Å². The maximum Gasteiger partial charge on any atom is 0.224 e. The fourth-order valence-electron chi connectivity index (χ4n) is 4.20. The number of piperidine rings is 1. The van der Waals surface area contributed by atoms with Crippen molar-refractivity contribution in [3.05, 3.63) is 42.3 Å². The summed E-state index contributed by atoms with van der Waals surface area (Å²) in [6.07, 6.45) is 3.93. The standard InChI is InChI=1S/C22H31FN6O/c1-30-15-14-27-10-12-28(13-11-27)21-7-8-24-22(26-21)25-19-5-3-9-29(17-19)20-6-2-4-18(23)16-20/h2,4,6-8,16,19H,3,5,9-15,17H2,1H3,(H,24,25,26). The molecule has 8 heteroatoms. The molecule has 0 saturated carbocycles. The zero-order valence-electron chi connectivity index (χ0n) is 17.6. The second-order valence-corrected chi connectivity index (χ2v) is 7.97. The fraction of sp³-hybridized carbons (Fsp3) is 0.545. The number of nitrogens with zero attached hydrogens (tertiary/aromatic N) is 5. The van der Waals surface area contributed by atoms with Crippen LogP contribution in [-0.2, 0) is 4.74 Å². The summed E-state index contributed by atoms with van der Waals surface area (Å²) in [7, 11) is 1.75. The SMILES string of the molecule is COCCN1CCN(c2ccnc(NC3CCCN(c4cccc(F)c4)C3)n2)CC1. The molecule has 0 spiro atoms. The normalized spacial score (nSPS) is 20.4. The van der Waals surface area contributed by atoms with E-state index in [2.05, 4.69) is 25.0 Å². The second-order valence-electron chi connectivity index (χ2n) is 7.97. The van der Waals surface area contributed by atoms with Gasteiger partial charge in [-0.1, -0.05) is 6.07 Å². The summed E-state index contributed by atoms with van der Waals surface area (Å²) in [5, 5.41) is 3.50.